The van der Waals surface area contributed by atoms with Crippen LogP contribution in [0.2, 0.25) is 5.02 Å². The Morgan fingerprint density at radius 3 is 2.75 bits per heavy atom. The van der Waals surface area contributed by atoms with Crippen molar-refractivity contribution in [1.29, 1.82) is 0 Å². The number of benzene rings is 2. The smallest absolute Gasteiger partial charge is 0.404 e. The molecule has 0 spiro atoms. The van der Waals surface area contributed by atoms with Gasteiger partial charge in [-0.15, -0.1) is 0 Å². The summed E-state index contributed by atoms with van der Waals surface area (Å²) in [7, 11) is 1.91. The number of carboxylic acid groups (broad SMARTS) is 1. The van der Waals surface area contributed by atoms with Crippen molar-refractivity contribution in [3.8, 4) is 0 Å². The topological polar surface area (TPSA) is 109 Å². The van der Waals surface area contributed by atoms with Crippen molar-refractivity contribution in [3.63, 3.8) is 0 Å². The first-order valence-corrected chi connectivity index (χ1v) is 12.7. The van der Waals surface area contributed by atoms with E-state index in [1.165, 1.54) is 0 Å². The first-order chi connectivity index (χ1) is 17.4. The van der Waals surface area contributed by atoms with Crippen molar-refractivity contribution in [3.05, 3.63) is 69.7 Å². The van der Waals surface area contributed by atoms with E-state index >= 15 is 0 Å². The first kappa shape index (κ1) is 27.9. The fourth-order valence-corrected chi connectivity index (χ4v) is 4.65. The SMILES string of the molecule is CNC(CNC(=O)c1ccc(C)c(C(OCCNC(=O)O)c2cccc(Cl)c2)c1)CC1CCCOC1. The standard InChI is InChI=1S/C27H36ClN3O5/c1-18-8-9-21(26(32)31-16-23(29-2)13-19-5-4-11-35-17-19)15-24(18)25(36-12-10-30-27(33)34)20-6-3-7-22(28)14-20/h3,6-9,14-15,19,23,25,29-30H,4-5,10-13,16-17H2,1-2H3,(H,31,32)(H,33,34). The zero-order chi connectivity index (χ0) is 25.9. The van der Waals surface area contributed by atoms with Gasteiger partial charge in [-0.2, -0.15) is 0 Å². The van der Waals surface area contributed by atoms with Crippen LogP contribution in [-0.4, -0.2) is 63.1 Å². The third-order valence-electron chi connectivity index (χ3n) is 6.43. The summed E-state index contributed by atoms with van der Waals surface area (Å²) in [6.07, 6.45) is 1.57. The molecule has 2 aromatic carbocycles. The molecule has 196 valence electrons. The molecule has 3 unspecified atom stereocenters. The van der Waals surface area contributed by atoms with Crippen LogP contribution in [0.3, 0.4) is 0 Å². The highest BCUT2D eigenvalue weighted by Gasteiger charge is 2.22. The molecule has 1 aliphatic heterocycles. The minimum atomic E-state index is -1.11. The highest BCUT2D eigenvalue weighted by Crippen LogP contribution is 2.31. The van der Waals surface area contributed by atoms with Gasteiger partial charge < -0.3 is 30.5 Å². The lowest BCUT2D eigenvalue weighted by Gasteiger charge is -2.26. The van der Waals surface area contributed by atoms with Crippen molar-refractivity contribution >= 4 is 23.6 Å². The monoisotopic (exact) mass is 517 g/mol. The van der Waals surface area contributed by atoms with Gasteiger partial charge >= 0.3 is 6.09 Å². The second kappa shape index (κ2) is 14.2. The van der Waals surface area contributed by atoms with Crippen LogP contribution in [0.5, 0.6) is 0 Å². The summed E-state index contributed by atoms with van der Waals surface area (Å²) in [4.78, 5) is 23.9. The molecule has 0 saturated carbocycles. The number of carbonyl (C=O) groups is 2. The molecule has 36 heavy (non-hydrogen) atoms. The summed E-state index contributed by atoms with van der Waals surface area (Å²) < 4.78 is 11.7. The number of hydrogen-bond acceptors (Lipinski definition) is 5. The number of rotatable bonds is 12. The maximum absolute atomic E-state index is 13.1. The fraction of sp³-hybridized carbons (Fsp3) is 0.481. The van der Waals surface area contributed by atoms with Crippen LogP contribution in [0.15, 0.2) is 42.5 Å². The number of amides is 2. The Labute approximate surface area is 217 Å². The van der Waals surface area contributed by atoms with Gasteiger partial charge in [0.2, 0.25) is 0 Å². The first-order valence-electron chi connectivity index (χ1n) is 12.3. The maximum atomic E-state index is 13.1. The van der Waals surface area contributed by atoms with Crippen LogP contribution >= 0.6 is 11.6 Å². The van der Waals surface area contributed by atoms with E-state index in [-0.39, 0.29) is 25.1 Å². The molecule has 0 radical (unpaired) electrons. The van der Waals surface area contributed by atoms with E-state index < -0.39 is 12.2 Å². The van der Waals surface area contributed by atoms with Crippen LogP contribution in [0.4, 0.5) is 4.79 Å². The zero-order valence-corrected chi connectivity index (χ0v) is 21.6. The molecule has 3 rings (SSSR count). The van der Waals surface area contributed by atoms with Crippen LogP contribution in [-0.2, 0) is 9.47 Å². The molecule has 3 atom stereocenters. The Morgan fingerprint density at radius 2 is 2.06 bits per heavy atom. The van der Waals surface area contributed by atoms with E-state index in [1.54, 1.807) is 12.1 Å². The minimum absolute atomic E-state index is 0.142. The number of halogens is 1. The van der Waals surface area contributed by atoms with Gasteiger partial charge in [-0.3, -0.25) is 4.79 Å². The maximum Gasteiger partial charge on any atom is 0.404 e. The van der Waals surface area contributed by atoms with Crippen molar-refractivity contribution < 1.29 is 24.2 Å². The van der Waals surface area contributed by atoms with Gasteiger partial charge in [0.05, 0.1) is 6.61 Å². The number of ether oxygens (including phenoxy) is 2. The molecule has 2 aromatic rings. The molecule has 8 nitrogen and oxygen atoms in total. The minimum Gasteiger partial charge on any atom is -0.465 e. The predicted molar refractivity (Wildman–Crippen MR) is 140 cm³/mol. The molecule has 9 heteroatoms. The summed E-state index contributed by atoms with van der Waals surface area (Å²) in [5, 5.41) is 18.1. The lowest BCUT2D eigenvalue weighted by Crippen LogP contribution is -2.41. The number of hydrogen-bond donors (Lipinski definition) is 4. The van der Waals surface area contributed by atoms with Gasteiger partial charge in [0.25, 0.3) is 5.91 Å². The van der Waals surface area contributed by atoms with Gasteiger partial charge in [0.15, 0.2) is 0 Å². The van der Waals surface area contributed by atoms with Gasteiger partial charge in [-0.1, -0.05) is 29.8 Å². The fourth-order valence-electron chi connectivity index (χ4n) is 4.45. The molecule has 0 aromatic heterocycles. The van der Waals surface area contributed by atoms with Gasteiger partial charge in [0.1, 0.15) is 6.10 Å². The normalized spacial score (nSPS) is 17.2. The van der Waals surface area contributed by atoms with Crippen molar-refractivity contribution in [1.82, 2.24) is 16.0 Å². The van der Waals surface area contributed by atoms with E-state index in [1.807, 2.05) is 44.3 Å². The summed E-state index contributed by atoms with van der Waals surface area (Å²) in [5.41, 5.74) is 3.13. The van der Waals surface area contributed by atoms with E-state index in [0.717, 1.165) is 49.2 Å². The Morgan fingerprint density at radius 1 is 1.22 bits per heavy atom. The zero-order valence-electron chi connectivity index (χ0n) is 20.9. The number of likely N-dealkylation sites (N-methyl/N-ethyl adjacent to an activating group) is 1. The molecule has 1 heterocycles. The Hall–Kier alpha value is -2.65. The quantitative estimate of drug-likeness (QED) is 0.315. The predicted octanol–water partition coefficient (Wildman–Crippen LogP) is 4.16. The number of carbonyl (C=O) groups excluding carboxylic acids is 1. The van der Waals surface area contributed by atoms with Gasteiger partial charge in [-0.25, -0.2) is 4.79 Å². The van der Waals surface area contributed by atoms with Crippen molar-refractivity contribution in [2.45, 2.75) is 38.3 Å². The van der Waals surface area contributed by atoms with Crippen LogP contribution < -0.4 is 16.0 Å². The summed E-state index contributed by atoms with van der Waals surface area (Å²) in [6.45, 7) is 4.39. The molecule has 1 aliphatic rings. The van der Waals surface area contributed by atoms with Gasteiger partial charge in [0, 0.05) is 42.9 Å². The lowest BCUT2D eigenvalue weighted by molar-refractivity contribution is 0.0478. The molecular weight excluding hydrogens is 482 g/mol. The molecule has 0 bridgehead atoms. The summed E-state index contributed by atoms with van der Waals surface area (Å²) in [6, 6.07) is 13.0. The number of aryl methyl sites for hydroxylation is 1. The Kier molecular flexibility index (Phi) is 11.0. The van der Waals surface area contributed by atoms with E-state index in [0.29, 0.717) is 23.0 Å². The third kappa shape index (κ3) is 8.48. The Bertz CT molecular complexity index is 1010. The molecule has 1 fully saturated rings. The largest absolute Gasteiger partial charge is 0.465 e. The second-order valence-corrected chi connectivity index (χ2v) is 9.56. The van der Waals surface area contributed by atoms with E-state index in [4.69, 9.17) is 26.2 Å². The lowest BCUT2D eigenvalue weighted by atomic mass is 9.94. The highest BCUT2D eigenvalue weighted by molar-refractivity contribution is 6.30. The van der Waals surface area contributed by atoms with Crippen LogP contribution in [0.25, 0.3) is 0 Å². The van der Waals surface area contributed by atoms with Crippen LogP contribution in [0, 0.1) is 12.8 Å². The average Bonchev–Trinajstić information content (AvgIpc) is 2.87. The van der Waals surface area contributed by atoms with Crippen molar-refractivity contribution in [2.75, 3.05) is 40.0 Å². The molecule has 4 N–H and O–H groups in total. The van der Waals surface area contributed by atoms with Crippen LogP contribution in [0.1, 0.15) is 52.4 Å². The number of nitrogens with one attached hydrogen (secondary N) is 3. The van der Waals surface area contributed by atoms with Crippen molar-refractivity contribution in [2.24, 2.45) is 5.92 Å². The van der Waals surface area contributed by atoms with Gasteiger partial charge in [-0.05, 0) is 80.1 Å². The summed E-state index contributed by atoms with van der Waals surface area (Å²) >= 11 is 6.23. The van der Waals surface area contributed by atoms with E-state index in [2.05, 4.69) is 16.0 Å². The second-order valence-electron chi connectivity index (χ2n) is 9.12. The Balaban J connectivity index is 1.72. The third-order valence-corrected chi connectivity index (χ3v) is 6.66. The molecule has 2 amide bonds. The molecule has 0 aliphatic carbocycles. The van der Waals surface area contributed by atoms with E-state index in [9.17, 15) is 9.59 Å². The highest BCUT2D eigenvalue weighted by atomic mass is 35.5. The molecular formula is C27H36ClN3O5. The average molecular weight is 518 g/mol. The summed E-state index contributed by atoms with van der Waals surface area (Å²) in [5.74, 6) is 0.346. The molecule has 1 saturated heterocycles.